The Morgan fingerprint density at radius 2 is 0.951 bits per heavy atom. The molecule has 0 radical (unpaired) electrons. The molecule has 0 heterocycles. The van der Waals surface area contributed by atoms with Gasteiger partial charge in [0.15, 0.2) is 11.6 Å². The van der Waals surface area contributed by atoms with Gasteiger partial charge in [-0.2, -0.15) is 0 Å². The Labute approximate surface area is 371 Å². The highest BCUT2D eigenvalue weighted by Crippen LogP contribution is 2.38. The largest absolute Gasteiger partial charge is 0.507 e. The summed E-state index contributed by atoms with van der Waals surface area (Å²) >= 11 is 0. The van der Waals surface area contributed by atoms with Crippen molar-refractivity contribution in [3.63, 3.8) is 0 Å². The second-order valence-corrected chi connectivity index (χ2v) is 17.6. The summed E-state index contributed by atoms with van der Waals surface area (Å²) in [6.45, 7) is 4.90. The van der Waals surface area contributed by atoms with E-state index in [9.17, 15) is 19.5 Å². The van der Waals surface area contributed by atoms with Crippen LogP contribution in [0.2, 0.25) is 0 Å². The smallest absolute Gasteiger partial charge is 0.308 e. The molecule has 0 saturated carbocycles. The molecule has 1 unspecified atom stereocenters. The van der Waals surface area contributed by atoms with E-state index in [0.717, 1.165) is 36.9 Å². The molecule has 0 aromatic heterocycles. The van der Waals surface area contributed by atoms with Crippen LogP contribution >= 0.6 is 0 Å². The number of hydrogen-bond donors (Lipinski definition) is 2. The van der Waals surface area contributed by atoms with E-state index in [0.29, 0.717) is 29.8 Å². The molecular weight excluding hydrogens is 755 g/mol. The average Bonchev–Trinajstić information content (AvgIpc) is 3.26. The van der Waals surface area contributed by atoms with Crippen LogP contribution in [-0.2, 0) is 16.0 Å². The summed E-state index contributed by atoms with van der Waals surface area (Å²) in [5, 5.41) is 13.9. The quantitative estimate of drug-likeness (QED) is 0.0277. The zero-order valence-electron chi connectivity index (χ0n) is 37.6. The van der Waals surface area contributed by atoms with Crippen molar-refractivity contribution < 1.29 is 24.2 Å². The van der Waals surface area contributed by atoms with Gasteiger partial charge < -0.3 is 15.2 Å². The number of unbranched alkanes of at least 4 members (excludes halogenated alkanes) is 24. The van der Waals surface area contributed by atoms with Gasteiger partial charge in [-0.3, -0.25) is 14.4 Å². The number of phenolic OH excluding ortho intramolecular Hbond substituents is 1. The summed E-state index contributed by atoms with van der Waals surface area (Å²) < 4.78 is 5.94. The third-order valence-electron chi connectivity index (χ3n) is 12.6. The number of carbonyl (C=O) groups is 3. The Morgan fingerprint density at radius 1 is 0.541 bits per heavy atom. The molecule has 0 bridgehead atoms. The number of ketones is 2. The van der Waals surface area contributed by atoms with E-state index < -0.39 is 0 Å². The van der Waals surface area contributed by atoms with E-state index in [4.69, 9.17) is 4.74 Å². The number of ether oxygens (including phenoxy) is 1. The molecule has 0 aliphatic heterocycles. The van der Waals surface area contributed by atoms with Crippen LogP contribution in [0.3, 0.4) is 0 Å². The van der Waals surface area contributed by atoms with Crippen LogP contribution in [0, 0.1) is 5.92 Å². The first kappa shape index (κ1) is 51.4. The molecule has 3 aromatic rings. The number of carbonyl (C=O) groups excluding carboxylic acids is 3. The van der Waals surface area contributed by atoms with E-state index in [-0.39, 0.29) is 47.8 Å². The van der Waals surface area contributed by atoms with Crippen molar-refractivity contribution in [1.82, 2.24) is 0 Å². The standard InChI is InChI=1S/C54H79NO5.CH4/c1-3-5-7-9-11-13-15-17-18-20-22-24-26-28-32-44(31-27-25-23-21-19-16-14-12-10-8-6-4-2)54(59)60-42-41-43-35-37-45(38-36-43)55-48-39-40-49(56)51-50(48)52(57)46-33-29-30-34-47(46)53(51)58;/h29-30,33-40,44,55-56H,3-28,31-32,41-42H2,1-2H3;1H4. The van der Waals surface area contributed by atoms with Crippen LogP contribution in [0.1, 0.15) is 238 Å². The fourth-order valence-electron chi connectivity index (χ4n) is 8.80. The SMILES string of the molecule is C.CCCCCCCCCCCCCCCCC(CCCCCCCCCCCCCC)C(=O)OCCc1ccc(Nc2ccc(O)c3c2C(=O)c2ccccc2C3=O)cc1. The molecule has 1 atom stereocenters. The molecule has 61 heavy (non-hydrogen) atoms. The van der Waals surface area contributed by atoms with Crippen molar-refractivity contribution in [2.75, 3.05) is 11.9 Å². The van der Waals surface area contributed by atoms with Gasteiger partial charge in [0.05, 0.1) is 29.3 Å². The molecule has 3 aromatic carbocycles. The van der Waals surface area contributed by atoms with Gasteiger partial charge >= 0.3 is 5.97 Å². The normalized spacial score (nSPS) is 12.4. The molecule has 0 amide bonds. The lowest BCUT2D eigenvalue weighted by atomic mass is 9.82. The fraction of sp³-hybridized carbons (Fsp3) is 0.618. The van der Waals surface area contributed by atoms with Crippen LogP contribution in [0.5, 0.6) is 5.75 Å². The van der Waals surface area contributed by atoms with E-state index in [1.807, 2.05) is 24.3 Å². The molecule has 0 saturated heterocycles. The van der Waals surface area contributed by atoms with Crippen LogP contribution in [0.15, 0.2) is 60.7 Å². The Hall–Kier alpha value is -3.93. The van der Waals surface area contributed by atoms with Crippen LogP contribution in [0.25, 0.3) is 0 Å². The number of aromatic hydroxyl groups is 1. The predicted octanol–water partition coefficient (Wildman–Crippen LogP) is 16.2. The van der Waals surface area contributed by atoms with Crippen molar-refractivity contribution in [1.29, 1.82) is 0 Å². The summed E-state index contributed by atoms with van der Waals surface area (Å²) in [4.78, 5) is 40.2. The van der Waals surface area contributed by atoms with Crippen molar-refractivity contribution in [3.05, 3.63) is 88.5 Å². The molecule has 6 nitrogen and oxygen atoms in total. The average molecular weight is 838 g/mol. The maximum absolute atomic E-state index is 13.5. The zero-order chi connectivity index (χ0) is 42.6. The predicted molar refractivity (Wildman–Crippen MR) is 257 cm³/mol. The number of fused-ring (bicyclic) bond motifs is 2. The molecule has 6 heteroatoms. The van der Waals surface area contributed by atoms with Crippen LogP contribution in [-0.4, -0.2) is 29.2 Å². The first-order valence-electron chi connectivity index (χ1n) is 24.5. The Morgan fingerprint density at radius 3 is 1.39 bits per heavy atom. The minimum Gasteiger partial charge on any atom is -0.507 e. The maximum atomic E-state index is 13.5. The fourth-order valence-corrected chi connectivity index (χ4v) is 8.80. The molecule has 1 aliphatic carbocycles. The highest BCUT2D eigenvalue weighted by molar-refractivity contribution is 6.31. The van der Waals surface area contributed by atoms with Gasteiger partial charge in [-0.25, -0.2) is 0 Å². The van der Waals surface area contributed by atoms with Gasteiger partial charge in [-0.1, -0.05) is 225 Å². The second kappa shape index (κ2) is 31.0. The number of esters is 1. The van der Waals surface area contributed by atoms with E-state index in [2.05, 4.69) is 19.2 Å². The summed E-state index contributed by atoms with van der Waals surface area (Å²) in [5.74, 6) is -0.913. The lowest BCUT2D eigenvalue weighted by Crippen LogP contribution is -2.22. The van der Waals surface area contributed by atoms with Gasteiger partial charge in [-0.05, 0) is 42.7 Å². The maximum Gasteiger partial charge on any atom is 0.308 e. The van der Waals surface area contributed by atoms with E-state index in [1.54, 1.807) is 30.3 Å². The zero-order valence-corrected chi connectivity index (χ0v) is 37.6. The third kappa shape index (κ3) is 18.5. The molecular formula is C55H83NO5. The Kier molecular flexibility index (Phi) is 26.1. The monoisotopic (exact) mass is 838 g/mol. The second-order valence-electron chi connectivity index (χ2n) is 17.6. The molecule has 0 fully saturated rings. The number of anilines is 2. The molecule has 1 aliphatic rings. The highest BCUT2D eigenvalue weighted by Gasteiger charge is 2.34. The lowest BCUT2D eigenvalue weighted by molar-refractivity contribution is -0.149. The number of benzene rings is 3. The third-order valence-corrected chi connectivity index (χ3v) is 12.6. The van der Waals surface area contributed by atoms with E-state index >= 15 is 0 Å². The van der Waals surface area contributed by atoms with Crippen LogP contribution < -0.4 is 5.32 Å². The topological polar surface area (TPSA) is 92.7 Å². The van der Waals surface area contributed by atoms with Gasteiger partial charge in [0.2, 0.25) is 0 Å². The summed E-state index contributed by atoms with van der Waals surface area (Å²) in [7, 11) is 0. The first-order chi connectivity index (χ1) is 29.4. The highest BCUT2D eigenvalue weighted by atomic mass is 16.5. The Bertz CT molecular complexity index is 1680. The van der Waals surface area contributed by atoms with Gasteiger partial charge in [0.25, 0.3) is 0 Å². The minimum absolute atomic E-state index is 0. The molecule has 0 spiro atoms. The minimum atomic E-state index is -0.359. The van der Waals surface area contributed by atoms with Gasteiger partial charge in [0, 0.05) is 23.2 Å². The molecule has 4 rings (SSSR count). The van der Waals surface area contributed by atoms with Crippen molar-refractivity contribution in [2.45, 2.75) is 207 Å². The van der Waals surface area contributed by atoms with Gasteiger partial charge in [0.1, 0.15) is 5.75 Å². The molecule has 338 valence electrons. The summed E-state index contributed by atoms with van der Waals surface area (Å²) in [6.07, 6.45) is 36.9. The van der Waals surface area contributed by atoms with Crippen molar-refractivity contribution >= 4 is 28.9 Å². The summed E-state index contributed by atoms with van der Waals surface area (Å²) in [5.41, 5.74) is 3.12. The van der Waals surface area contributed by atoms with Crippen molar-refractivity contribution in [3.8, 4) is 5.75 Å². The Balaban J connectivity index is 0.00000992. The lowest BCUT2D eigenvalue weighted by Gasteiger charge is -2.21. The number of nitrogens with one attached hydrogen (secondary N) is 1. The summed E-state index contributed by atoms with van der Waals surface area (Å²) in [6, 6.07) is 17.6. The van der Waals surface area contributed by atoms with Crippen LogP contribution in [0.4, 0.5) is 11.4 Å². The van der Waals surface area contributed by atoms with E-state index in [1.165, 1.54) is 160 Å². The first-order valence-corrected chi connectivity index (χ1v) is 24.5. The molecule has 2 N–H and O–H groups in total. The van der Waals surface area contributed by atoms with Gasteiger partial charge in [-0.15, -0.1) is 0 Å². The number of rotatable bonds is 34. The number of phenols is 1. The number of hydrogen-bond acceptors (Lipinski definition) is 6. The van der Waals surface area contributed by atoms with Crippen molar-refractivity contribution in [2.24, 2.45) is 5.92 Å².